The van der Waals surface area contributed by atoms with Crippen LogP contribution in [-0.2, 0) is 6.42 Å². The molecule has 0 unspecified atom stereocenters. The van der Waals surface area contributed by atoms with Crippen molar-refractivity contribution >= 4 is 11.0 Å². The molecule has 0 bridgehead atoms. The van der Waals surface area contributed by atoms with Crippen molar-refractivity contribution in [1.29, 1.82) is 0 Å². The van der Waals surface area contributed by atoms with E-state index in [-0.39, 0.29) is 11.7 Å². The molecular weight excluding hydrogens is 357 g/mol. The van der Waals surface area contributed by atoms with Gasteiger partial charge >= 0.3 is 0 Å². The zero-order valence-electron chi connectivity index (χ0n) is 15.3. The lowest BCUT2D eigenvalue weighted by molar-refractivity contribution is 0.257. The summed E-state index contributed by atoms with van der Waals surface area (Å²) >= 11 is 0. The molecule has 1 N–H and O–H groups in total. The molecule has 5 nitrogen and oxygen atoms in total. The van der Waals surface area contributed by atoms with Gasteiger partial charge in [0.05, 0.1) is 25.2 Å². The first-order chi connectivity index (χ1) is 13.7. The van der Waals surface area contributed by atoms with Crippen LogP contribution in [0.15, 0.2) is 54.9 Å². The number of methoxy groups -OCH3 is 1. The highest BCUT2D eigenvalue weighted by atomic mass is 19.1. The van der Waals surface area contributed by atoms with Crippen molar-refractivity contribution in [2.24, 2.45) is 0 Å². The molecule has 0 spiro atoms. The summed E-state index contributed by atoms with van der Waals surface area (Å²) in [6, 6.07) is 12.9. The Morgan fingerprint density at radius 2 is 1.96 bits per heavy atom. The third-order valence-electron chi connectivity index (χ3n) is 5.13. The number of rotatable bonds is 3. The Morgan fingerprint density at radius 1 is 1.11 bits per heavy atom. The Hall–Kier alpha value is -3.41. The van der Waals surface area contributed by atoms with Crippen molar-refractivity contribution in [1.82, 2.24) is 15.0 Å². The molecule has 1 aliphatic heterocycles. The van der Waals surface area contributed by atoms with E-state index < -0.39 is 0 Å². The molecule has 0 radical (unpaired) electrons. The Bertz CT molecular complexity index is 1160. The van der Waals surface area contributed by atoms with Gasteiger partial charge in [-0.1, -0.05) is 0 Å². The van der Waals surface area contributed by atoms with Crippen LogP contribution in [0.5, 0.6) is 11.5 Å². The number of pyridine rings is 1. The van der Waals surface area contributed by atoms with Gasteiger partial charge in [-0.3, -0.25) is 4.98 Å². The molecular formula is C22H18FN3O2. The summed E-state index contributed by atoms with van der Waals surface area (Å²) in [7, 11) is 1.64. The van der Waals surface area contributed by atoms with Crippen molar-refractivity contribution in [2.45, 2.75) is 12.3 Å². The molecule has 1 atom stereocenters. The second kappa shape index (κ2) is 6.64. The van der Waals surface area contributed by atoms with Crippen molar-refractivity contribution < 1.29 is 13.9 Å². The number of nitrogens with zero attached hydrogens (tertiary/aromatic N) is 2. The van der Waals surface area contributed by atoms with Crippen LogP contribution in [0.2, 0.25) is 0 Å². The maximum absolute atomic E-state index is 14.7. The first-order valence-electron chi connectivity index (χ1n) is 9.10. The SMILES string of the molecule is COc1ccc2c(c1)C[C@@H](c1nc3c(F)cc(-c4ccncc4)cc3[nH]1)CO2. The standard InChI is InChI=1S/C22H18FN3O2/c1-27-17-2-3-20-15(9-17)8-16(12-28-20)22-25-19-11-14(10-18(23)21(19)26-22)13-4-6-24-7-5-13/h2-7,9-11,16H,8,12H2,1H3,(H,25,26)/t16-/m1/s1. The van der Waals surface area contributed by atoms with Crippen molar-refractivity contribution in [3.05, 3.63) is 72.1 Å². The Kier molecular flexibility index (Phi) is 3.97. The lowest BCUT2D eigenvalue weighted by Gasteiger charge is -2.24. The average Bonchev–Trinajstić information content (AvgIpc) is 3.18. The van der Waals surface area contributed by atoms with Gasteiger partial charge in [-0.2, -0.15) is 0 Å². The predicted molar refractivity (Wildman–Crippen MR) is 104 cm³/mol. The Balaban J connectivity index is 1.51. The lowest BCUT2D eigenvalue weighted by atomic mass is 9.96. The molecule has 28 heavy (non-hydrogen) atoms. The Labute approximate surface area is 161 Å². The Morgan fingerprint density at radius 3 is 2.79 bits per heavy atom. The number of H-pyrrole nitrogens is 1. The molecule has 0 saturated carbocycles. The summed E-state index contributed by atoms with van der Waals surface area (Å²) in [5, 5.41) is 0. The molecule has 5 rings (SSSR count). The maximum Gasteiger partial charge on any atom is 0.151 e. The van der Waals surface area contributed by atoms with Crippen LogP contribution < -0.4 is 9.47 Å². The van der Waals surface area contributed by atoms with E-state index in [1.54, 1.807) is 19.5 Å². The fourth-order valence-corrected chi connectivity index (χ4v) is 3.67. The predicted octanol–water partition coefficient (Wildman–Crippen LogP) is 4.49. The highest BCUT2D eigenvalue weighted by Gasteiger charge is 2.25. The number of fused-ring (bicyclic) bond motifs is 2. The topological polar surface area (TPSA) is 60.0 Å². The molecule has 2 aromatic carbocycles. The molecule has 3 heterocycles. The van der Waals surface area contributed by atoms with Crippen LogP contribution in [0.4, 0.5) is 4.39 Å². The third-order valence-corrected chi connectivity index (χ3v) is 5.13. The molecule has 1 aliphatic rings. The lowest BCUT2D eigenvalue weighted by Crippen LogP contribution is -2.20. The van der Waals surface area contributed by atoms with E-state index in [9.17, 15) is 4.39 Å². The molecule has 0 amide bonds. The van der Waals surface area contributed by atoms with Gasteiger partial charge in [-0.15, -0.1) is 0 Å². The molecule has 0 aliphatic carbocycles. The monoisotopic (exact) mass is 375 g/mol. The van der Waals surface area contributed by atoms with Crippen LogP contribution in [0.25, 0.3) is 22.2 Å². The normalized spacial score (nSPS) is 15.9. The molecule has 0 fully saturated rings. The van der Waals surface area contributed by atoms with E-state index in [1.165, 1.54) is 6.07 Å². The third kappa shape index (κ3) is 2.87. The molecule has 6 heteroatoms. The number of halogens is 1. The summed E-state index contributed by atoms with van der Waals surface area (Å²) in [5.74, 6) is 2.07. The van der Waals surface area contributed by atoms with E-state index in [1.807, 2.05) is 36.4 Å². The van der Waals surface area contributed by atoms with Gasteiger partial charge in [0, 0.05) is 12.4 Å². The van der Waals surface area contributed by atoms with Crippen LogP contribution >= 0.6 is 0 Å². The minimum Gasteiger partial charge on any atom is -0.497 e. The number of hydrogen-bond donors (Lipinski definition) is 1. The summed E-state index contributed by atoms with van der Waals surface area (Å²) in [4.78, 5) is 11.8. The van der Waals surface area contributed by atoms with Crippen molar-refractivity contribution in [3.8, 4) is 22.6 Å². The quantitative estimate of drug-likeness (QED) is 0.573. The minimum absolute atomic E-state index is 0.0239. The van der Waals surface area contributed by atoms with Gasteiger partial charge in [0.1, 0.15) is 22.8 Å². The zero-order valence-corrected chi connectivity index (χ0v) is 15.3. The average molecular weight is 375 g/mol. The fraction of sp³-hybridized carbons (Fsp3) is 0.182. The van der Waals surface area contributed by atoms with E-state index >= 15 is 0 Å². The van der Waals surface area contributed by atoms with Crippen LogP contribution in [0, 0.1) is 5.82 Å². The second-order valence-corrected chi connectivity index (χ2v) is 6.90. The highest BCUT2D eigenvalue weighted by Crippen LogP contribution is 2.35. The van der Waals surface area contributed by atoms with E-state index in [0.717, 1.165) is 40.4 Å². The molecule has 140 valence electrons. The smallest absolute Gasteiger partial charge is 0.151 e. The number of ether oxygens (including phenoxy) is 2. The van der Waals surface area contributed by atoms with Crippen LogP contribution in [0.1, 0.15) is 17.3 Å². The van der Waals surface area contributed by atoms with Gasteiger partial charge < -0.3 is 14.5 Å². The number of nitrogens with one attached hydrogen (secondary N) is 1. The maximum atomic E-state index is 14.7. The first kappa shape index (κ1) is 16.7. The van der Waals surface area contributed by atoms with Gasteiger partial charge in [0.25, 0.3) is 0 Å². The fourth-order valence-electron chi connectivity index (χ4n) is 3.67. The zero-order chi connectivity index (χ0) is 19.1. The van der Waals surface area contributed by atoms with Crippen LogP contribution in [-0.4, -0.2) is 28.7 Å². The van der Waals surface area contributed by atoms with E-state index in [2.05, 4.69) is 15.0 Å². The summed E-state index contributed by atoms with van der Waals surface area (Å²) < 4.78 is 25.9. The number of aromatic nitrogens is 3. The molecule has 0 saturated heterocycles. The number of benzene rings is 2. The first-order valence-corrected chi connectivity index (χ1v) is 9.10. The number of hydrogen-bond acceptors (Lipinski definition) is 4. The summed E-state index contributed by atoms with van der Waals surface area (Å²) in [5.41, 5.74) is 3.79. The number of imidazole rings is 1. The molecule has 2 aromatic heterocycles. The van der Waals surface area contributed by atoms with E-state index in [0.29, 0.717) is 17.6 Å². The largest absolute Gasteiger partial charge is 0.497 e. The minimum atomic E-state index is -0.342. The molecule has 4 aromatic rings. The summed E-state index contributed by atoms with van der Waals surface area (Å²) in [6.07, 6.45) is 4.15. The van der Waals surface area contributed by atoms with Gasteiger partial charge in [0.15, 0.2) is 5.82 Å². The second-order valence-electron chi connectivity index (χ2n) is 6.90. The van der Waals surface area contributed by atoms with Gasteiger partial charge in [0.2, 0.25) is 0 Å². The van der Waals surface area contributed by atoms with Crippen molar-refractivity contribution in [2.75, 3.05) is 13.7 Å². The van der Waals surface area contributed by atoms with Crippen molar-refractivity contribution in [3.63, 3.8) is 0 Å². The summed E-state index contributed by atoms with van der Waals surface area (Å²) in [6.45, 7) is 0.498. The highest BCUT2D eigenvalue weighted by molar-refractivity contribution is 5.82. The number of aromatic amines is 1. The van der Waals surface area contributed by atoms with Crippen LogP contribution in [0.3, 0.4) is 0 Å². The van der Waals surface area contributed by atoms with Gasteiger partial charge in [-0.25, -0.2) is 9.37 Å². The van der Waals surface area contributed by atoms with E-state index in [4.69, 9.17) is 9.47 Å². The van der Waals surface area contributed by atoms with Gasteiger partial charge in [-0.05, 0) is 65.6 Å².